The van der Waals surface area contributed by atoms with Gasteiger partial charge in [0.25, 0.3) is 0 Å². The van der Waals surface area contributed by atoms with Gasteiger partial charge in [-0.05, 0) is 40.5 Å². The molecule has 0 radical (unpaired) electrons. The van der Waals surface area contributed by atoms with Crippen molar-refractivity contribution < 1.29 is 9.18 Å². The molecule has 4 heteroatoms. The molecule has 0 fully saturated rings. The molecule has 0 spiro atoms. The highest BCUT2D eigenvalue weighted by Crippen LogP contribution is 2.22. The Balaban J connectivity index is 3.33. The van der Waals surface area contributed by atoms with Gasteiger partial charge in [-0.15, -0.1) is 0 Å². The maximum atomic E-state index is 12.9. The van der Waals surface area contributed by atoms with Crippen LogP contribution < -0.4 is 0 Å². The Bertz CT molecular complexity index is 338. The van der Waals surface area contributed by atoms with E-state index in [0.29, 0.717) is 5.56 Å². The summed E-state index contributed by atoms with van der Waals surface area (Å²) in [5.74, 6) is -0.429. The topological polar surface area (TPSA) is 17.1 Å². The number of carbonyl (C=O) groups excluding carboxylic acids is 1. The molecule has 0 atom stereocenters. The SMILES string of the molecule is Cc1cc(Cl)c(C(=O)Br)cc1F. The third kappa shape index (κ3) is 1.84. The van der Waals surface area contributed by atoms with Crippen LogP contribution in [0.3, 0.4) is 0 Å². The van der Waals surface area contributed by atoms with Crippen LogP contribution in [-0.4, -0.2) is 4.69 Å². The molecule has 1 aromatic carbocycles. The van der Waals surface area contributed by atoms with Crippen LogP contribution in [0, 0.1) is 12.7 Å². The average molecular weight is 251 g/mol. The van der Waals surface area contributed by atoms with Crippen molar-refractivity contribution in [2.45, 2.75) is 6.92 Å². The summed E-state index contributed by atoms with van der Waals surface area (Å²) >= 11 is 8.38. The summed E-state index contributed by atoms with van der Waals surface area (Å²) in [7, 11) is 0. The summed E-state index contributed by atoms with van der Waals surface area (Å²) in [6, 6.07) is 2.54. The van der Waals surface area contributed by atoms with Gasteiger partial charge in [0.05, 0.1) is 10.6 Å². The largest absolute Gasteiger partial charge is 0.281 e. The molecule has 0 heterocycles. The van der Waals surface area contributed by atoms with Crippen LogP contribution in [0.5, 0.6) is 0 Å². The quantitative estimate of drug-likeness (QED) is 0.700. The monoisotopic (exact) mass is 250 g/mol. The Labute approximate surface area is 82.7 Å². The van der Waals surface area contributed by atoms with Gasteiger partial charge in [0, 0.05) is 0 Å². The summed E-state index contributed by atoms with van der Waals surface area (Å²) in [5, 5.41) is 0.260. The molecule has 12 heavy (non-hydrogen) atoms. The third-order valence-electron chi connectivity index (χ3n) is 1.46. The minimum atomic E-state index is -0.429. The van der Waals surface area contributed by atoms with E-state index in [-0.39, 0.29) is 10.6 Å². The summed E-state index contributed by atoms with van der Waals surface area (Å²) in [6.45, 7) is 1.59. The molecule has 0 unspecified atom stereocenters. The van der Waals surface area contributed by atoms with Crippen LogP contribution in [0.2, 0.25) is 5.02 Å². The fourth-order valence-electron chi connectivity index (χ4n) is 0.797. The Morgan fingerprint density at radius 2 is 2.17 bits per heavy atom. The Kier molecular flexibility index (Phi) is 2.85. The van der Waals surface area contributed by atoms with Crippen LogP contribution in [0.25, 0.3) is 0 Å². The molecule has 1 rings (SSSR count). The van der Waals surface area contributed by atoms with Gasteiger partial charge in [-0.2, -0.15) is 0 Å². The van der Waals surface area contributed by atoms with Crippen molar-refractivity contribution in [2.75, 3.05) is 0 Å². The fourth-order valence-corrected chi connectivity index (χ4v) is 1.54. The number of benzene rings is 1. The Morgan fingerprint density at radius 1 is 1.58 bits per heavy atom. The standard InChI is InChI=1S/C8H5BrClFO/c1-4-2-6(10)5(8(9)12)3-7(4)11/h2-3H,1H3. The minimum absolute atomic E-state index is 0.153. The van der Waals surface area contributed by atoms with E-state index in [1.54, 1.807) is 6.92 Å². The van der Waals surface area contributed by atoms with Crippen LogP contribution in [0.15, 0.2) is 12.1 Å². The molecule has 0 aliphatic heterocycles. The predicted octanol–water partition coefficient (Wildman–Crippen LogP) is 3.32. The first-order valence-corrected chi connectivity index (χ1v) is 4.35. The Hall–Kier alpha value is -0.410. The van der Waals surface area contributed by atoms with Gasteiger partial charge in [0.2, 0.25) is 4.69 Å². The zero-order valence-electron chi connectivity index (χ0n) is 6.20. The first-order valence-electron chi connectivity index (χ1n) is 3.18. The maximum absolute atomic E-state index is 12.9. The van der Waals surface area contributed by atoms with E-state index in [1.807, 2.05) is 0 Å². The number of rotatable bonds is 1. The lowest BCUT2D eigenvalue weighted by Crippen LogP contribution is -1.93. The highest BCUT2D eigenvalue weighted by atomic mass is 79.9. The number of carbonyl (C=O) groups is 1. The summed E-state index contributed by atoms with van der Waals surface area (Å²) in [5.41, 5.74) is 0.581. The van der Waals surface area contributed by atoms with Crippen molar-refractivity contribution in [1.82, 2.24) is 0 Å². The van der Waals surface area contributed by atoms with Crippen molar-refractivity contribution in [3.8, 4) is 0 Å². The van der Waals surface area contributed by atoms with E-state index in [4.69, 9.17) is 11.6 Å². The van der Waals surface area contributed by atoms with Crippen molar-refractivity contribution in [3.05, 3.63) is 34.1 Å². The van der Waals surface area contributed by atoms with Crippen LogP contribution >= 0.6 is 27.5 Å². The molecule has 0 bridgehead atoms. The molecule has 0 amide bonds. The molecule has 0 aliphatic carbocycles. The van der Waals surface area contributed by atoms with Crippen LogP contribution in [0.4, 0.5) is 4.39 Å². The van der Waals surface area contributed by atoms with Crippen molar-refractivity contribution in [3.63, 3.8) is 0 Å². The molecule has 0 aliphatic rings. The van der Waals surface area contributed by atoms with Crippen molar-refractivity contribution in [2.24, 2.45) is 0 Å². The molecule has 64 valence electrons. The van der Waals surface area contributed by atoms with Gasteiger partial charge in [0.15, 0.2) is 0 Å². The molecular weight excluding hydrogens is 246 g/mol. The van der Waals surface area contributed by atoms with Gasteiger partial charge in [-0.1, -0.05) is 11.6 Å². The fraction of sp³-hybridized carbons (Fsp3) is 0.125. The van der Waals surface area contributed by atoms with E-state index in [1.165, 1.54) is 6.07 Å². The molecular formula is C8H5BrClFO. The molecule has 1 nitrogen and oxygen atoms in total. The zero-order chi connectivity index (χ0) is 9.30. The summed E-state index contributed by atoms with van der Waals surface area (Å²) in [4.78, 5) is 10.8. The van der Waals surface area contributed by atoms with E-state index >= 15 is 0 Å². The van der Waals surface area contributed by atoms with E-state index in [0.717, 1.165) is 6.07 Å². The van der Waals surface area contributed by atoms with E-state index < -0.39 is 10.5 Å². The van der Waals surface area contributed by atoms with Gasteiger partial charge in [-0.3, -0.25) is 4.79 Å². The second-order valence-electron chi connectivity index (χ2n) is 2.35. The lowest BCUT2D eigenvalue weighted by molar-refractivity contribution is 0.109. The summed E-state index contributed by atoms with van der Waals surface area (Å²) in [6.07, 6.45) is 0. The second kappa shape index (κ2) is 3.54. The normalized spacial score (nSPS) is 10.0. The lowest BCUT2D eigenvalue weighted by Gasteiger charge is -2.01. The average Bonchev–Trinajstić information content (AvgIpc) is 1.96. The number of aryl methyl sites for hydroxylation is 1. The molecule has 0 saturated heterocycles. The summed E-state index contributed by atoms with van der Waals surface area (Å²) < 4.78 is 12.5. The number of halogens is 3. The lowest BCUT2D eigenvalue weighted by atomic mass is 10.1. The van der Waals surface area contributed by atoms with Crippen LogP contribution in [-0.2, 0) is 0 Å². The van der Waals surface area contributed by atoms with E-state index in [9.17, 15) is 9.18 Å². The van der Waals surface area contributed by atoms with Gasteiger partial charge >= 0.3 is 0 Å². The predicted molar refractivity (Wildman–Crippen MR) is 49.4 cm³/mol. The van der Waals surface area contributed by atoms with Gasteiger partial charge < -0.3 is 0 Å². The minimum Gasteiger partial charge on any atom is -0.281 e. The third-order valence-corrected chi connectivity index (χ3v) is 2.20. The molecule has 0 N–H and O–H groups in total. The van der Waals surface area contributed by atoms with Crippen LogP contribution in [0.1, 0.15) is 15.9 Å². The zero-order valence-corrected chi connectivity index (χ0v) is 8.54. The van der Waals surface area contributed by atoms with E-state index in [2.05, 4.69) is 15.9 Å². The highest BCUT2D eigenvalue weighted by molar-refractivity contribution is 9.18. The highest BCUT2D eigenvalue weighted by Gasteiger charge is 2.10. The van der Waals surface area contributed by atoms with Crippen molar-refractivity contribution >= 4 is 32.2 Å². The molecule has 0 aromatic heterocycles. The first-order chi connectivity index (χ1) is 5.52. The number of hydrogen-bond acceptors (Lipinski definition) is 1. The second-order valence-corrected chi connectivity index (χ2v) is 3.48. The van der Waals surface area contributed by atoms with Gasteiger partial charge in [-0.25, -0.2) is 4.39 Å². The van der Waals surface area contributed by atoms with Crippen molar-refractivity contribution in [1.29, 1.82) is 0 Å². The first kappa shape index (κ1) is 9.68. The molecule has 1 aromatic rings. The molecule has 0 saturated carbocycles. The maximum Gasteiger partial charge on any atom is 0.229 e. The number of hydrogen-bond donors (Lipinski definition) is 0. The van der Waals surface area contributed by atoms with Gasteiger partial charge in [0.1, 0.15) is 5.82 Å². The Morgan fingerprint density at radius 3 is 2.67 bits per heavy atom. The smallest absolute Gasteiger partial charge is 0.229 e.